The first-order valence-corrected chi connectivity index (χ1v) is 11.7. The molecule has 1 aliphatic heterocycles. The Hall–Kier alpha value is -2.63. The zero-order valence-electron chi connectivity index (χ0n) is 16.4. The number of anilines is 1. The first kappa shape index (κ1) is 19.7. The summed E-state index contributed by atoms with van der Waals surface area (Å²) < 4.78 is 27.2. The molecule has 0 saturated carbocycles. The highest BCUT2D eigenvalue weighted by Gasteiger charge is 2.16. The summed E-state index contributed by atoms with van der Waals surface area (Å²) in [4.78, 5) is 2.40. The van der Waals surface area contributed by atoms with Crippen LogP contribution >= 0.6 is 0 Å². The fraction of sp³-hybridized carbons (Fsp3) is 0.250. The van der Waals surface area contributed by atoms with Gasteiger partial charge in [-0.05, 0) is 47.2 Å². The summed E-state index contributed by atoms with van der Waals surface area (Å²) in [7, 11) is -3.32. The van der Waals surface area contributed by atoms with Crippen molar-refractivity contribution >= 4 is 15.7 Å². The molecular weight excluding hydrogens is 380 g/mol. The molecule has 0 aromatic heterocycles. The second kappa shape index (κ2) is 8.80. The van der Waals surface area contributed by atoms with Gasteiger partial charge in [0.15, 0.2) is 0 Å². The maximum atomic E-state index is 12.2. The van der Waals surface area contributed by atoms with Crippen LogP contribution in [0.25, 0.3) is 0 Å². The molecule has 1 aliphatic rings. The monoisotopic (exact) mass is 406 g/mol. The number of rotatable bonds is 7. The van der Waals surface area contributed by atoms with Gasteiger partial charge in [0.25, 0.3) is 0 Å². The van der Waals surface area contributed by atoms with Crippen LogP contribution in [0.15, 0.2) is 78.9 Å². The molecule has 3 aromatic carbocycles. The quantitative estimate of drug-likeness (QED) is 0.647. The zero-order chi connectivity index (χ0) is 20.1. The van der Waals surface area contributed by atoms with Crippen LogP contribution in [0.2, 0.25) is 0 Å². The van der Waals surface area contributed by atoms with E-state index in [2.05, 4.69) is 58.2 Å². The van der Waals surface area contributed by atoms with Gasteiger partial charge in [-0.2, -0.15) is 0 Å². The van der Waals surface area contributed by atoms with Gasteiger partial charge in [0.05, 0.1) is 5.75 Å². The Bertz CT molecular complexity index is 1050. The van der Waals surface area contributed by atoms with Gasteiger partial charge in [-0.25, -0.2) is 13.1 Å². The van der Waals surface area contributed by atoms with E-state index in [0.717, 1.165) is 30.6 Å². The van der Waals surface area contributed by atoms with Crippen LogP contribution in [0.3, 0.4) is 0 Å². The van der Waals surface area contributed by atoms with E-state index in [1.165, 1.54) is 16.8 Å². The Kier molecular flexibility index (Phi) is 5.97. The number of sulfonamides is 1. The molecule has 1 heterocycles. The first-order chi connectivity index (χ1) is 14.1. The number of nitrogens with zero attached hydrogens (tertiary/aromatic N) is 1. The second-order valence-corrected chi connectivity index (χ2v) is 9.30. The lowest BCUT2D eigenvalue weighted by molar-refractivity contribution is 0.581. The summed E-state index contributed by atoms with van der Waals surface area (Å²) in [6.45, 7) is 2.37. The smallest absolute Gasteiger partial charge is 0.215 e. The highest BCUT2D eigenvalue weighted by molar-refractivity contribution is 7.88. The van der Waals surface area contributed by atoms with Gasteiger partial charge in [-0.3, -0.25) is 0 Å². The molecule has 29 heavy (non-hydrogen) atoms. The van der Waals surface area contributed by atoms with E-state index in [0.29, 0.717) is 13.0 Å². The molecule has 150 valence electrons. The van der Waals surface area contributed by atoms with Crippen LogP contribution in [0, 0.1) is 0 Å². The molecular formula is C24H26N2O2S. The van der Waals surface area contributed by atoms with Crippen molar-refractivity contribution in [3.63, 3.8) is 0 Å². The van der Waals surface area contributed by atoms with Crippen molar-refractivity contribution in [1.29, 1.82) is 0 Å². The predicted octanol–water partition coefficient (Wildman–Crippen LogP) is 3.91. The predicted molar refractivity (Wildman–Crippen MR) is 118 cm³/mol. The summed E-state index contributed by atoms with van der Waals surface area (Å²) in [5, 5.41) is 0. The minimum Gasteiger partial charge on any atom is -0.367 e. The number of hydrogen-bond acceptors (Lipinski definition) is 3. The summed E-state index contributed by atoms with van der Waals surface area (Å²) in [5.74, 6) is 0.0171. The summed E-state index contributed by atoms with van der Waals surface area (Å²) in [6.07, 6.45) is 1.75. The maximum absolute atomic E-state index is 12.2. The molecule has 0 radical (unpaired) electrons. The van der Waals surface area contributed by atoms with Gasteiger partial charge < -0.3 is 4.90 Å². The van der Waals surface area contributed by atoms with E-state index in [1.54, 1.807) is 0 Å². The molecule has 0 fully saturated rings. The minimum atomic E-state index is -3.32. The minimum absolute atomic E-state index is 0.0171. The number of hydrogen-bond donors (Lipinski definition) is 1. The number of fused-ring (bicyclic) bond motifs is 1. The lowest BCUT2D eigenvalue weighted by Crippen LogP contribution is -2.30. The zero-order valence-corrected chi connectivity index (χ0v) is 17.2. The van der Waals surface area contributed by atoms with Crippen LogP contribution in [-0.4, -0.2) is 21.5 Å². The van der Waals surface area contributed by atoms with Crippen LogP contribution in [-0.2, 0) is 35.2 Å². The molecule has 0 spiro atoms. The summed E-state index contributed by atoms with van der Waals surface area (Å²) >= 11 is 0. The number of nitrogens with one attached hydrogen (secondary N) is 1. The molecule has 5 heteroatoms. The lowest BCUT2D eigenvalue weighted by Gasteiger charge is -2.30. The van der Waals surface area contributed by atoms with E-state index in [1.807, 2.05) is 30.3 Å². The Balaban J connectivity index is 1.30. The molecule has 4 nitrogen and oxygen atoms in total. The second-order valence-electron chi connectivity index (χ2n) is 7.50. The topological polar surface area (TPSA) is 49.4 Å². The van der Waals surface area contributed by atoms with E-state index in [-0.39, 0.29) is 5.75 Å². The Morgan fingerprint density at radius 3 is 2.24 bits per heavy atom. The van der Waals surface area contributed by atoms with E-state index in [9.17, 15) is 8.42 Å². The highest BCUT2D eigenvalue weighted by atomic mass is 32.2. The molecule has 0 unspecified atom stereocenters. The van der Waals surface area contributed by atoms with Crippen LogP contribution < -0.4 is 9.62 Å². The maximum Gasteiger partial charge on any atom is 0.215 e. The van der Waals surface area contributed by atoms with Crippen molar-refractivity contribution in [3.05, 3.63) is 101 Å². The summed E-state index contributed by atoms with van der Waals surface area (Å²) in [5.41, 5.74) is 5.99. The van der Waals surface area contributed by atoms with Gasteiger partial charge in [-0.15, -0.1) is 0 Å². The van der Waals surface area contributed by atoms with Crippen molar-refractivity contribution in [2.45, 2.75) is 25.1 Å². The van der Waals surface area contributed by atoms with Gasteiger partial charge in [0.2, 0.25) is 10.0 Å². The standard InChI is InChI=1S/C24H26N2O2S/c27-29(28,19-21-6-2-1-3-7-21)25-16-14-20-10-12-24(13-11-20)26-17-15-22-8-4-5-9-23(22)18-26/h1-13,25H,14-19H2. The van der Waals surface area contributed by atoms with Crippen molar-refractivity contribution < 1.29 is 8.42 Å². The average Bonchev–Trinajstić information content (AvgIpc) is 2.74. The molecule has 0 aliphatic carbocycles. The molecule has 0 saturated heterocycles. The van der Waals surface area contributed by atoms with Gasteiger partial charge >= 0.3 is 0 Å². The van der Waals surface area contributed by atoms with Crippen LogP contribution in [0.4, 0.5) is 5.69 Å². The average molecular weight is 407 g/mol. The van der Waals surface area contributed by atoms with Crippen molar-refractivity contribution in [1.82, 2.24) is 4.72 Å². The molecule has 4 rings (SSSR count). The molecule has 1 N–H and O–H groups in total. The van der Waals surface area contributed by atoms with Crippen molar-refractivity contribution in [2.24, 2.45) is 0 Å². The fourth-order valence-corrected chi connectivity index (χ4v) is 4.93. The van der Waals surface area contributed by atoms with Gasteiger partial charge in [0, 0.05) is 25.3 Å². The van der Waals surface area contributed by atoms with E-state index >= 15 is 0 Å². The number of benzene rings is 3. The van der Waals surface area contributed by atoms with Crippen LogP contribution in [0.1, 0.15) is 22.3 Å². The third-order valence-electron chi connectivity index (χ3n) is 5.37. The van der Waals surface area contributed by atoms with Crippen LogP contribution in [0.5, 0.6) is 0 Å². The third kappa shape index (κ3) is 5.25. The first-order valence-electron chi connectivity index (χ1n) is 10.0. The largest absolute Gasteiger partial charge is 0.367 e. The molecule has 0 amide bonds. The fourth-order valence-electron chi connectivity index (χ4n) is 3.79. The molecule has 3 aromatic rings. The van der Waals surface area contributed by atoms with Crippen molar-refractivity contribution in [2.75, 3.05) is 18.0 Å². The van der Waals surface area contributed by atoms with Gasteiger partial charge in [-0.1, -0.05) is 66.7 Å². The summed E-state index contributed by atoms with van der Waals surface area (Å²) in [6, 6.07) is 26.4. The normalized spacial score (nSPS) is 13.9. The third-order valence-corrected chi connectivity index (χ3v) is 6.72. The molecule has 0 atom stereocenters. The Morgan fingerprint density at radius 1 is 0.793 bits per heavy atom. The lowest BCUT2D eigenvalue weighted by atomic mass is 9.99. The Morgan fingerprint density at radius 2 is 1.48 bits per heavy atom. The van der Waals surface area contributed by atoms with Crippen molar-refractivity contribution in [3.8, 4) is 0 Å². The molecule has 0 bridgehead atoms. The highest BCUT2D eigenvalue weighted by Crippen LogP contribution is 2.24. The van der Waals surface area contributed by atoms with E-state index in [4.69, 9.17) is 0 Å². The van der Waals surface area contributed by atoms with Gasteiger partial charge in [0.1, 0.15) is 0 Å². The van der Waals surface area contributed by atoms with E-state index < -0.39 is 10.0 Å². The SMILES string of the molecule is O=S(=O)(Cc1ccccc1)NCCc1ccc(N2CCc3ccccc3C2)cc1. The Labute approximate surface area is 173 Å².